The lowest BCUT2D eigenvalue weighted by atomic mass is 10.1. The molecule has 60 valence electrons. The fourth-order valence-corrected chi connectivity index (χ4v) is 1.36. The van der Waals surface area contributed by atoms with E-state index in [1.807, 2.05) is 13.8 Å². The van der Waals surface area contributed by atoms with E-state index in [-0.39, 0.29) is 5.82 Å². The minimum absolute atomic E-state index is 0.169. The Morgan fingerprint density at radius 2 is 2.09 bits per heavy atom. The molecule has 0 aromatic heterocycles. The Kier molecular flexibility index (Phi) is 2.55. The van der Waals surface area contributed by atoms with E-state index in [0.717, 1.165) is 22.4 Å². The van der Waals surface area contributed by atoms with Gasteiger partial charge in [0.1, 0.15) is 5.82 Å². The largest absolute Gasteiger partial charge is 0.207 e. The first kappa shape index (κ1) is 8.60. The highest BCUT2D eigenvalue weighted by molar-refractivity contribution is 7.80. The van der Waals surface area contributed by atoms with Crippen molar-refractivity contribution >= 4 is 12.6 Å². The van der Waals surface area contributed by atoms with E-state index >= 15 is 0 Å². The molecule has 0 fully saturated rings. The number of aryl methyl sites for hydroxylation is 2. The number of rotatable bonds is 1. The van der Waals surface area contributed by atoms with Gasteiger partial charge in [-0.15, -0.1) is 12.6 Å². The zero-order valence-corrected chi connectivity index (χ0v) is 7.58. The van der Waals surface area contributed by atoms with Gasteiger partial charge in [0.2, 0.25) is 0 Å². The molecule has 1 aromatic rings. The molecule has 2 heteroatoms. The number of benzene rings is 1. The van der Waals surface area contributed by atoms with Crippen molar-refractivity contribution in [2.75, 3.05) is 0 Å². The molecule has 0 aliphatic rings. The summed E-state index contributed by atoms with van der Waals surface area (Å²) in [5.74, 6) is -0.169. The van der Waals surface area contributed by atoms with E-state index in [0.29, 0.717) is 0 Å². The lowest BCUT2D eigenvalue weighted by molar-refractivity contribution is 0.622. The minimum Gasteiger partial charge on any atom is -0.207 e. The van der Waals surface area contributed by atoms with E-state index in [4.69, 9.17) is 0 Å². The second kappa shape index (κ2) is 3.26. The van der Waals surface area contributed by atoms with Crippen LogP contribution >= 0.6 is 12.6 Å². The fourth-order valence-electron chi connectivity index (χ4n) is 1.07. The van der Waals surface area contributed by atoms with Gasteiger partial charge in [-0.2, -0.15) is 0 Å². The van der Waals surface area contributed by atoms with Crippen molar-refractivity contribution in [3.63, 3.8) is 0 Å². The van der Waals surface area contributed by atoms with Crippen LogP contribution in [-0.2, 0) is 6.42 Å². The summed E-state index contributed by atoms with van der Waals surface area (Å²) in [6.45, 7) is 3.86. The summed E-state index contributed by atoms with van der Waals surface area (Å²) in [7, 11) is 0. The second-order valence-corrected chi connectivity index (χ2v) is 3.03. The quantitative estimate of drug-likeness (QED) is 0.615. The van der Waals surface area contributed by atoms with E-state index in [9.17, 15) is 4.39 Å². The van der Waals surface area contributed by atoms with E-state index < -0.39 is 0 Å². The second-order valence-electron chi connectivity index (χ2n) is 2.58. The third kappa shape index (κ3) is 1.74. The van der Waals surface area contributed by atoms with Gasteiger partial charge in [0.15, 0.2) is 0 Å². The van der Waals surface area contributed by atoms with Crippen LogP contribution in [0.5, 0.6) is 0 Å². The molecule has 0 atom stereocenters. The monoisotopic (exact) mass is 170 g/mol. The third-order valence-electron chi connectivity index (χ3n) is 1.73. The van der Waals surface area contributed by atoms with Crippen molar-refractivity contribution in [1.82, 2.24) is 0 Å². The predicted molar refractivity (Wildman–Crippen MR) is 47.8 cm³/mol. The third-order valence-corrected chi connectivity index (χ3v) is 2.37. The summed E-state index contributed by atoms with van der Waals surface area (Å²) in [6, 6.07) is 3.04. The van der Waals surface area contributed by atoms with Crippen LogP contribution in [-0.4, -0.2) is 0 Å². The van der Waals surface area contributed by atoms with Crippen LogP contribution < -0.4 is 0 Å². The molecule has 0 spiro atoms. The molecule has 0 saturated carbocycles. The van der Waals surface area contributed by atoms with Gasteiger partial charge in [-0.25, -0.2) is 4.39 Å². The Morgan fingerprint density at radius 3 is 2.64 bits per heavy atom. The highest BCUT2D eigenvalue weighted by atomic mass is 32.1. The van der Waals surface area contributed by atoms with Crippen LogP contribution in [0, 0.1) is 12.7 Å². The van der Waals surface area contributed by atoms with Crippen LogP contribution in [0.15, 0.2) is 17.0 Å². The van der Waals surface area contributed by atoms with Gasteiger partial charge in [-0.05, 0) is 36.6 Å². The molecule has 1 aromatic carbocycles. The standard InChI is InChI=1S/C9H11FS/c1-3-7-5-8(10)4-6(2)9(7)11/h4-5,11H,3H2,1-2H3. The normalized spacial score (nSPS) is 10.2. The highest BCUT2D eigenvalue weighted by Gasteiger charge is 2.02. The molecule has 0 unspecified atom stereocenters. The first-order valence-corrected chi connectivity index (χ1v) is 4.08. The Morgan fingerprint density at radius 1 is 1.45 bits per heavy atom. The lowest BCUT2D eigenvalue weighted by Crippen LogP contribution is -1.89. The Balaban J connectivity index is 3.24. The zero-order chi connectivity index (χ0) is 8.43. The van der Waals surface area contributed by atoms with Gasteiger partial charge in [0.05, 0.1) is 0 Å². The van der Waals surface area contributed by atoms with Gasteiger partial charge in [-0.3, -0.25) is 0 Å². The van der Waals surface area contributed by atoms with Crippen molar-refractivity contribution in [2.45, 2.75) is 25.2 Å². The molecule has 0 radical (unpaired) electrons. The molecule has 0 aliphatic heterocycles. The van der Waals surface area contributed by atoms with Crippen LogP contribution in [0.2, 0.25) is 0 Å². The van der Waals surface area contributed by atoms with Gasteiger partial charge in [0.25, 0.3) is 0 Å². The van der Waals surface area contributed by atoms with Crippen LogP contribution in [0.3, 0.4) is 0 Å². The van der Waals surface area contributed by atoms with Gasteiger partial charge >= 0.3 is 0 Å². The predicted octanol–water partition coefficient (Wildman–Crippen LogP) is 2.99. The molecule has 0 heterocycles. The van der Waals surface area contributed by atoms with Crippen molar-refractivity contribution < 1.29 is 4.39 Å². The molecule has 0 bridgehead atoms. The summed E-state index contributed by atoms with van der Waals surface area (Å²) >= 11 is 4.27. The minimum atomic E-state index is -0.169. The fraction of sp³-hybridized carbons (Fsp3) is 0.333. The molecule has 0 saturated heterocycles. The number of hydrogen-bond donors (Lipinski definition) is 1. The molecule has 1 rings (SSSR count). The number of thiol groups is 1. The average Bonchev–Trinajstić information content (AvgIpc) is 1.96. The van der Waals surface area contributed by atoms with Crippen LogP contribution in [0.25, 0.3) is 0 Å². The summed E-state index contributed by atoms with van der Waals surface area (Å²) in [5.41, 5.74) is 1.89. The molecule has 0 amide bonds. The van der Waals surface area contributed by atoms with Gasteiger partial charge in [0, 0.05) is 4.90 Å². The Hall–Kier alpha value is -0.500. The number of halogens is 1. The highest BCUT2D eigenvalue weighted by Crippen LogP contribution is 2.20. The van der Waals surface area contributed by atoms with E-state index in [1.165, 1.54) is 12.1 Å². The van der Waals surface area contributed by atoms with Gasteiger partial charge in [-0.1, -0.05) is 6.92 Å². The molecule has 0 nitrogen and oxygen atoms in total. The maximum absolute atomic E-state index is 12.8. The van der Waals surface area contributed by atoms with Crippen LogP contribution in [0.1, 0.15) is 18.1 Å². The van der Waals surface area contributed by atoms with Gasteiger partial charge < -0.3 is 0 Å². The first-order chi connectivity index (χ1) is 5.15. The SMILES string of the molecule is CCc1cc(F)cc(C)c1S. The maximum atomic E-state index is 12.8. The Bertz CT molecular complexity index is 269. The first-order valence-electron chi connectivity index (χ1n) is 3.63. The maximum Gasteiger partial charge on any atom is 0.123 e. The smallest absolute Gasteiger partial charge is 0.123 e. The topological polar surface area (TPSA) is 0 Å². The average molecular weight is 170 g/mol. The van der Waals surface area contributed by atoms with Crippen molar-refractivity contribution in [3.05, 3.63) is 29.1 Å². The number of hydrogen-bond acceptors (Lipinski definition) is 1. The van der Waals surface area contributed by atoms with E-state index in [2.05, 4.69) is 12.6 Å². The summed E-state index contributed by atoms with van der Waals surface area (Å²) < 4.78 is 12.8. The van der Waals surface area contributed by atoms with Crippen LogP contribution in [0.4, 0.5) is 4.39 Å². The summed E-state index contributed by atoms with van der Waals surface area (Å²) in [5, 5.41) is 0. The molecule has 11 heavy (non-hydrogen) atoms. The summed E-state index contributed by atoms with van der Waals surface area (Å²) in [6.07, 6.45) is 0.831. The molecule has 0 N–H and O–H groups in total. The Labute approximate surface area is 71.8 Å². The summed E-state index contributed by atoms with van der Waals surface area (Å²) in [4.78, 5) is 0.911. The lowest BCUT2D eigenvalue weighted by Gasteiger charge is -2.04. The molecular weight excluding hydrogens is 159 g/mol. The zero-order valence-electron chi connectivity index (χ0n) is 6.69. The molecular formula is C9H11FS. The van der Waals surface area contributed by atoms with Crippen molar-refractivity contribution in [2.24, 2.45) is 0 Å². The van der Waals surface area contributed by atoms with Crippen molar-refractivity contribution in [1.29, 1.82) is 0 Å². The molecule has 0 aliphatic carbocycles. The van der Waals surface area contributed by atoms with Crippen molar-refractivity contribution in [3.8, 4) is 0 Å². The van der Waals surface area contributed by atoms with E-state index in [1.54, 1.807) is 0 Å².